The van der Waals surface area contributed by atoms with Crippen molar-refractivity contribution in [3.8, 4) is 17.1 Å². The fourth-order valence-electron chi connectivity index (χ4n) is 1.98. The van der Waals surface area contributed by atoms with Gasteiger partial charge in [-0.25, -0.2) is 9.89 Å². The molecule has 3 rings (SSSR count). The highest BCUT2D eigenvalue weighted by Crippen LogP contribution is 2.19. The molecule has 1 heterocycles. The van der Waals surface area contributed by atoms with E-state index in [4.69, 9.17) is 9.84 Å². The van der Waals surface area contributed by atoms with Crippen LogP contribution in [0.2, 0.25) is 0 Å². The van der Waals surface area contributed by atoms with Crippen LogP contribution in [0, 0.1) is 0 Å². The second-order valence-electron chi connectivity index (χ2n) is 4.62. The number of aromatic nitrogens is 3. The third-order valence-corrected chi connectivity index (χ3v) is 3.09. The van der Waals surface area contributed by atoms with Crippen molar-refractivity contribution in [2.75, 3.05) is 0 Å². The third-order valence-electron chi connectivity index (χ3n) is 3.09. The zero-order chi connectivity index (χ0) is 15.4. The number of carbonyl (C=O) groups is 1. The largest absolute Gasteiger partial charge is 0.475 e. The van der Waals surface area contributed by atoms with Crippen molar-refractivity contribution in [3.63, 3.8) is 0 Å². The molecule has 2 aromatic carbocycles. The van der Waals surface area contributed by atoms with Crippen molar-refractivity contribution in [1.82, 2.24) is 15.2 Å². The molecular formula is C16H13N3O3. The molecule has 1 aromatic heterocycles. The Balaban J connectivity index is 1.65. The summed E-state index contributed by atoms with van der Waals surface area (Å²) in [7, 11) is 0. The zero-order valence-corrected chi connectivity index (χ0v) is 11.6. The number of hydrogen-bond acceptors (Lipinski definition) is 4. The summed E-state index contributed by atoms with van der Waals surface area (Å²) in [6.07, 6.45) is 0. The van der Waals surface area contributed by atoms with E-state index in [0.29, 0.717) is 0 Å². The first-order valence-electron chi connectivity index (χ1n) is 6.65. The summed E-state index contributed by atoms with van der Waals surface area (Å²) < 4.78 is 5.38. The highest BCUT2D eigenvalue weighted by molar-refractivity contribution is 5.82. The molecule has 0 aliphatic rings. The van der Waals surface area contributed by atoms with E-state index >= 15 is 0 Å². The summed E-state index contributed by atoms with van der Waals surface area (Å²) in [4.78, 5) is 14.4. The Morgan fingerprint density at radius 1 is 1.05 bits per heavy atom. The highest BCUT2D eigenvalue weighted by Gasteiger charge is 2.10. The SMILES string of the molecule is O=C(O)c1n[nH]c(OCc2ccc(-c3ccccc3)cc2)n1. The molecule has 0 amide bonds. The van der Waals surface area contributed by atoms with Crippen molar-refractivity contribution in [1.29, 1.82) is 0 Å². The van der Waals surface area contributed by atoms with Crippen molar-refractivity contribution in [3.05, 3.63) is 66.0 Å². The van der Waals surface area contributed by atoms with E-state index in [2.05, 4.69) is 15.2 Å². The van der Waals surface area contributed by atoms with E-state index in [1.54, 1.807) is 0 Å². The number of carboxylic acid groups (broad SMARTS) is 1. The lowest BCUT2D eigenvalue weighted by Crippen LogP contribution is -1.99. The normalized spacial score (nSPS) is 10.4. The predicted molar refractivity (Wildman–Crippen MR) is 79.6 cm³/mol. The minimum atomic E-state index is -1.20. The summed E-state index contributed by atoms with van der Waals surface area (Å²) in [5.74, 6) is -1.51. The fourth-order valence-corrected chi connectivity index (χ4v) is 1.98. The minimum absolute atomic E-state index is 0.0875. The van der Waals surface area contributed by atoms with Crippen LogP contribution in [0.5, 0.6) is 6.01 Å². The Bertz CT molecular complexity index is 767. The van der Waals surface area contributed by atoms with E-state index in [1.807, 2.05) is 54.6 Å². The van der Waals surface area contributed by atoms with Gasteiger partial charge in [-0.3, -0.25) is 0 Å². The third kappa shape index (κ3) is 3.12. The number of aromatic amines is 1. The standard InChI is InChI=1S/C16H13N3O3/c20-15(21)14-17-16(19-18-14)22-10-11-6-8-13(9-7-11)12-4-2-1-3-5-12/h1-9H,10H2,(H,20,21)(H,17,18,19). The maximum atomic E-state index is 10.7. The molecule has 0 saturated heterocycles. The molecular weight excluding hydrogens is 282 g/mol. The van der Waals surface area contributed by atoms with Crippen LogP contribution in [0.25, 0.3) is 11.1 Å². The maximum Gasteiger partial charge on any atom is 0.375 e. The van der Waals surface area contributed by atoms with Crippen molar-refractivity contribution >= 4 is 5.97 Å². The van der Waals surface area contributed by atoms with E-state index in [9.17, 15) is 4.79 Å². The lowest BCUT2D eigenvalue weighted by atomic mass is 10.0. The predicted octanol–water partition coefficient (Wildman–Crippen LogP) is 2.75. The number of nitrogens with one attached hydrogen (secondary N) is 1. The van der Waals surface area contributed by atoms with Gasteiger partial charge in [-0.2, -0.15) is 4.98 Å². The molecule has 110 valence electrons. The van der Waals surface area contributed by atoms with Crippen LogP contribution in [0.4, 0.5) is 0 Å². The lowest BCUT2D eigenvalue weighted by Gasteiger charge is -2.05. The van der Waals surface area contributed by atoms with Gasteiger partial charge in [0.15, 0.2) is 0 Å². The van der Waals surface area contributed by atoms with Gasteiger partial charge in [0.2, 0.25) is 0 Å². The molecule has 6 nitrogen and oxygen atoms in total. The van der Waals surface area contributed by atoms with Gasteiger partial charge in [0.25, 0.3) is 5.82 Å². The molecule has 0 fully saturated rings. The highest BCUT2D eigenvalue weighted by atomic mass is 16.5. The first-order valence-corrected chi connectivity index (χ1v) is 6.65. The Kier molecular flexibility index (Phi) is 3.82. The van der Waals surface area contributed by atoms with Gasteiger partial charge in [-0.15, -0.1) is 5.10 Å². The summed E-state index contributed by atoms with van der Waals surface area (Å²) in [6, 6.07) is 18.1. The van der Waals surface area contributed by atoms with Crippen LogP contribution in [-0.4, -0.2) is 26.3 Å². The molecule has 6 heteroatoms. The fraction of sp³-hybridized carbons (Fsp3) is 0.0625. The van der Waals surface area contributed by atoms with Gasteiger partial charge in [0.1, 0.15) is 6.61 Å². The van der Waals surface area contributed by atoms with Gasteiger partial charge in [-0.05, 0) is 16.7 Å². The molecule has 22 heavy (non-hydrogen) atoms. The Labute approximate surface area is 126 Å². The number of ether oxygens (including phenoxy) is 1. The number of hydrogen-bond donors (Lipinski definition) is 2. The molecule has 0 bridgehead atoms. The maximum absolute atomic E-state index is 10.7. The van der Waals surface area contributed by atoms with E-state index < -0.39 is 5.97 Å². The average Bonchev–Trinajstić information content (AvgIpc) is 3.04. The quantitative estimate of drug-likeness (QED) is 0.755. The van der Waals surface area contributed by atoms with Crippen molar-refractivity contribution in [2.24, 2.45) is 0 Å². The Morgan fingerprint density at radius 2 is 1.73 bits per heavy atom. The van der Waals surface area contributed by atoms with Gasteiger partial charge in [-0.1, -0.05) is 54.6 Å². The molecule has 0 aliphatic heterocycles. The molecule has 0 radical (unpaired) electrons. The second-order valence-corrected chi connectivity index (χ2v) is 4.62. The monoisotopic (exact) mass is 295 g/mol. The van der Waals surface area contributed by atoms with Gasteiger partial charge >= 0.3 is 12.0 Å². The Hall–Kier alpha value is -3.15. The van der Waals surface area contributed by atoms with E-state index in [1.165, 1.54) is 0 Å². The average molecular weight is 295 g/mol. The van der Waals surface area contributed by atoms with Crippen LogP contribution in [0.3, 0.4) is 0 Å². The summed E-state index contributed by atoms with van der Waals surface area (Å²) in [5, 5.41) is 14.7. The molecule has 0 unspecified atom stereocenters. The first kappa shape index (κ1) is 13.8. The van der Waals surface area contributed by atoms with Gasteiger partial charge in [0.05, 0.1) is 0 Å². The second kappa shape index (κ2) is 6.09. The lowest BCUT2D eigenvalue weighted by molar-refractivity contribution is 0.0683. The molecule has 0 saturated carbocycles. The number of H-pyrrole nitrogens is 1. The van der Waals surface area contributed by atoms with E-state index in [-0.39, 0.29) is 18.4 Å². The molecule has 2 N–H and O–H groups in total. The molecule has 0 aliphatic carbocycles. The molecule has 0 spiro atoms. The van der Waals surface area contributed by atoms with Crippen LogP contribution in [-0.2, 0) is 6.61 Å². The van der Waals surface area contributed by atoms with Gasteiger partial charge < -0.3 is 9.84 Å². The topological polar surface area (TPSA) is 88.1 Å². The molecule has 0 atom stereocenters. The summed E-state index contributed by atoms with van der Waals surface area (Å²) in [5.41, 5.74) is 3.22. The number of nitrogens with zero attached hydrogens (tertiary/aromatic N) is 2. The van der Waals surface area contributed by atoms with Crippen LogP contribution in [0.15, 0.2) is 54.6 Å². The molecule has 3 aromatic rings. The van der Waals surface area contributed by atoms with Crippen molar-refractivity contribution in [2.45, 2.75) is 6.61 Å². The van der Waals surface area contributed by atoms with Crippen LogP contribution < -0.4 is 4.74 Å². The smallest absolute Gasteiger partial charge is 0.375 e. The van der Waals surface area contributed by atoms with E-state index in [0.717, 1.165) is 16.7 Å². The van der Waals surface area contributed by atoms with Gasteiger partial charge in [0, 0.05) is 0 Å². The number of carboxylic acids is 1. The number of aromatic carboxylic acids is 1. The number of rotatable bonds is 5. The summed E-state index contributed by atoms with van der Waals surface area (Å²) >= 11 is 0. The summed E-state index contributed by atoms with van der Waals surface area (Å²) in [6.45, 7) is 0.281. The Morgan fingerprint density at radius 3 is 2.36 bits per heavy atom. The van der Waals surface area contributed by atoms with Crippen LogP contribution >= 0.6 is 0 Å². The minimum Gasteiger partial charge on any atom is -0.475 e. The first-order chi connectivity index (χ1) is 10.7. The number of benzene rings is 2. The zero-order valence-electron chi connectivity index (χ0n) is 11.6. The van der Waals surface area contributed by atoms with Crippen molar-refractivity contribution < 1.29 is 14.6 Å². The van der Waals surface area contributed by atoms with Crippen LogP contribution in [0.1, 0.15) is 16.2 Å².